The van der Waals surface area contributed by atoms with Gasteiger partial charge in [0.15, 0.2) is 0 Å². The van der Waals surface area contributed by atoms with Crippen molar-refractivity contribution in [1.29, 1.82) is 0 Å². The minimum atomic E-state index is -0.460. The van der Waals surface area contributed by atoms with Crippen molar-refractivity contribution >= 4 is 12.6 Å². The summed E-state index contributed by atoms with van der Waals surface area (Å²) in [6, 6.07) is 0.842. The average molecular weight is 377 g/mol. The lowest BCUT2D eigenvalue weighted by Gasteiger charge is -2.35. The number of aromatic nitrogens is 2. The molecular weight excluding hydrogens is 345 g/mol. The maximum atomic E-state index is 9.21. The minimum absolute atomic E-state index is 0.209. The SMILES string of the molecule is CC1(C)OB(c2cnc(OCC[C@@H]3CCCCN3CCO)nc2)OC1(C)C. The van der Waals surface area contributed by atoms with Crippen molar-refractivity contribution in [2.24, 2.45) is 0 Å². The zero-order valence-electron chi connectivity index (χ0n) is 17.0. The molecule has 7 nitrogen and oxygen atoms in total. The molecule has 2 fully saturated rings. The van der Waals surface area contributed by atoms with Gasteiger partial charge in [0.05, 0.1) is 24.4 Å². The van der Waals surface area contributed by atoms with Gasteiger partial charge < -0.3 is 19.2 Å². The van der Waals surface area contributed by atoms with Gasteiger partial charge in [-0.15, -0.1) is 0 Å². The number of β-amino-alcohol motifs (C(OH)–C–C–N with tert-alkyl or cyclic N) is 1. The van der Waals surface area contributed by atoms with Crippen LogP contribution in [0.4, 0.5) is 0 Å². The fourth-order valence-electron chi connectivity index (χ4n) is 3.60. The molecule has 150 valence electrons. The Morgan fingerprint density at radius 3 is 2.48 bits per heavy atom. The van der Waals surface area contributed by atoms with Crippen LogP contribution in [0.1, 0.15) is 53.4 Å². The smallest absolute Gasteiger partial charge is 0.463 e. The van der Waals surface area contributed by atoms with Crippen LogP contribution < -0.4 is 10.2 Å². The molecule has 0 aliphatic carbocycles. The summed E-state index contributed by atoms with van der Waals surface area (Å²) < 4.78 is 17.8. The number of piperidine rings is 1. The molecule has 0 unspecified atom stereocenters. The third-order valence-corrected chi connectivity index (χ3v) is 5.99. The van der Waals surface area contributed by atoms with Gasteiger partial charge in [-0.25, -0.2) is 9.97 Å². The van der Waals surface area contributed by atoms with Crippen LogP contribution in [-0.2, 0) is 9.31 Å². The van der Waals surface area contributed by atoms with E-state index < -0.39 is 7.12 Å². The van der Waals surface area contributed by atoms with E-state index in [1.165, 1.54) is 12.8 Å². The Bertz CT molecular complexity index is 593. The lowest BCUT2D eigenvalue weighted by molar-refractivity contribution is 0.00578. The van der Waals surface area contributed by atoms with Crippen LogP contribution in [0.25, 0.3) is 0 Å². The van der Waals surface area contributed by atoms with Crippen LogP contribution in [0.2, 0.25) is 0 Å². The summed E-state index contributed by atoms with van der Waals surface area (Å²) in [5.41, 5.74) is 0.0306. The Kier molecular flexibility index (Phi) is 6.41. The van der Waals surface area contributed by atoms with Gasteiger partial charge in [0, 0.05) is 30.4 Å². The molecule has 2 aliphatic heterocycles. The summed E-state index contributed by atoms with van der Waals surface area (Å²) >= 11 is 0. The highest BCUT2D eigenvalue weighted by molar-refractivity contribution is 6.61. The van der Waals surface area contributed by atoms with E-state index in [4.69, 9.17) is 14.0 Å². The summed E-state index contributed by atoms with van der Waals surface area (Å²) in [5, 5.41) is 9.21. The Labute approximate surface area is 162 Å². The first-order valence-corrected chi connectivity index (χ1v) is 9.98. The van der Waals surface area contributed by atoms with Crippen LogP contribution in [0.5, 0.6) is 6.01 Å². The quantitative estimate of drug-likeness (QED) is 0.720. The zero-order valence-corrected chi connectivity index (χ0v) is 17.0. The Balaban J connectivity index is 1.50. The summed E-state index contributed by atoms with van der Waals surface area (Å²) in [7, 11) is -0.460. The number of hydrogen-bond donors (Lipinski definition) is 1. The first-order chi connectivity index (χ1) is 12.8. The van der Waals surface area contributed by atoms with Gasteiger partial charge >= 0.3 is 13.1 Å². The summed E-state index contributed by atoms with van der Waals surface area (Å²) in [5.74, 6) is 0. The lowest BCUT2D eigenvalue weighted by atomic mass is 9.81. The molecular formula is C19H32BN3O4. The van der Waals surface area contributed by atoms with Crippen LogP contribution >= 0.6 is 0 Å². The van der Waals surface area contributed by atoms with Gasteiger partial charge in [-0.1, -0.05) is 6.42 Å². The van der Waals surface area contributed by atoms with Gasteiger partial charge in [0.25, 0.3) is 0 Å². The minimum Gasteiger partial charge on any atom is -0.463 e. The van der Waals surface area contributed by atoms with E-state index in [0.717, 1.165) is 31.4 Å². The molecule has 27 heavy (non-hydrogen) atoms. The third-order valence-electron chi connectivity index (χ3n) is 5.99. The van der Waals surface area contributed by atoms with E-state index >= 15 is 0 Å². The molecule has 1 aromatic heterocycles. The molecule has 3 rings (SSSR count). The van der Waals surface area contributed by atoms with Crippen molar-refractivity contribution in [3.8, 4) is 6.01 Å². The molecule has 3 heterocycles. The fourth-order valence-corrected chi connectivity index (χ4v) is 3.60. The van der Waals surface area contributed by atoms with Crippen molar-refractivity contribution in [1.82, 2.24) is 14.9 Å². The standard InChI is InChI=1S/C19H32BN3O4/c1-18(2)19(3,4)27-20(26-18)15-13-21-17(22-14-15)25-12-8-16-7-5-6-9-23(16)10-11-24/h13-14,16,24H,5-12H2,1-4H3/t16-/m0/s1. The Morgan fingerprint density at radius 1 is 1.19 bits per heavy atom. The normalized spacial score (nSPS) is 24.9. The van der Waals surface area contributed by atoms with Crippen LogP contribution in [0, 0.1) is 0 Å². The highest BCUT2D eigenvalue weighted by atomic mass is 16.7. The van der Waals surface area contributed by atoms with E-state index in [-0.39, 0.29) is 17.8 Å². The molecule has 0 saturated carbocycles. The maximum absolute atomic E-state index is 9.21. The number of ether oxygens (including phenoxy) is 1. The molecule has 8 heteroatoms. The molecule has 0 radical (unpaired) electrons. The number of nitrogens with zero attached hydrogens (tertiary/aromatic N) is 3. The van der Waals surface area contributed by atoms with E-state index in [1.807, 2.05) is 27.7 Å². The first-order valence-electron chi connectivity index (χ1n) is 9.98. The van der Waals surface area contributed by atoms with Gasteiger partial charge in [-0.05, 0) is 53.5 Å². The van der Waals surface area contributed by atoms with Crippen molar-refractivity contribution in [2.75, 3.05) is 26.3 Å². The van der Waals surface area contributed by atoms with Crippen molar-refractivity contribution in [3.63, 3.8) is 0 Å². The maximum Gasteiger partial charge on any atom is 0.498 e. The predicted molar refractivity (Wildman–Crippen MR) is 104 cm³/mol. The topological polar surface area (TPSA) is 76.9 Å². The van der Waals surface area contributed by atoms with E-state index in [9.17, 15) is 5.11 Å². The highest BCUT2D eigenvalue weighted by Gasteiger charge is 2.51. The summed E-state index contributed by atoms with van der Waals surface area (Å²) in [6.07, 6.45) is 7.95. The average Bonchev–Trinajstić information content (AvgIpc) is 2.85. The molecule has 1 atom stereocenters. The number of hydrogen-bond acceptors (Lipinski definition) is 7. The number of aliphatic hydroxyl groups is 1. The first kappa shape index (κ1) is 20.5. The van der Waals surface area contributed by atoms with Gasteiger partial charge in [0.2, 0.25) is 0 Å². The monoisotopic (exact) mass is 377 g/mol. The van der Waals surface area contributed by atoms with Crippen LogP contribution in [0.15, 0.2) is 12.4 Å². The second kappa shape index (κ2) is 8.43. The predicted octanol–water partition coefficient (Wildman–Crippen LogP) is 1.39. The second-order valence-corrected chi connectivity index (χ2v) is 8.43. The van der Waals surface area contributed by atoms with E-state index in [1.54, 1.807) is 12.4 Å². The second-order valence-electron chi connectivity index (χ2n) is 8.43. The van der Waals surface area contributed by atoms with Crippen molar-refractivity contribution in [2.45, 2.75) is 70.6 Å². The van der Waals surface area contributed by atoms with Crippen LogP contribution in [-0.4, -0.2) is 70.6 Å². The molecule has 0 aromatic carbocycles. The Morgan fingerprint density at radius 2 is 1.85 bits per heavy atom. The molecule has 1 aromatic rings. The van der Waals surface area contributed by atoms with Gasteiger partial charge in [-0.2, -0.15) is 0 Å². The summed E-state index contributed by atoms with van der Waals surface area (Å²) in [4.78, 5) is 11.0. The molecule has 1 N–H and O–H groups in total. The number of likely N-dealkylation sites (tertiary alicyclic amines) is 1. The molecule has 2 aliphatic rings. The summed E-state index contributed by atoms with van der Waals surface area (Å²) in [6.45, 7) is 10.7. The fraction of sp³-hybridized carbons (Fsp3) is 0.789. The number of aliphatic hydroxyl groups excluding tert-OH is 1. The lowest BCUT2D eigenvalue weighted by Crippen LogP contribution is -2.41. The molecule has 0 amide bonds. The largest absolute Gasteiger partial charge is 0.498 e. The van der Waals surface area contributed by atoms with Gasteiger partial charge in [-0.3, -0.25) is 4.90 Å². The van der Waals surface area contributed by atoms with E-state index in [0.29, 0.717) is 18.7 Å². The Hall–Kier alpha value is -1.22. The molecule has 0 bridgehead atoms. The van der Waals surface area contributed by atoms with E-state index in [2.05, 4.69) is 14.9 Å². The molecule has 2 saturated heterocycles. The van der Waals surface area contributed by atoms with Gasteiger partial charge in [0.1, 0.15) is 0 Å². The third kappa shape index (κ3) is 4.80. The number of rotatable bonds is 7. The van der Waals surface area contributed by atoms with Crippen LogP contribution in [0.3, 0.4) is 0 Å². The highest BCUT2D eigenvalue weighted by Crippen LogP contribution is 2.36. The van der Waals surface area contributed by atoms with Crippen molar-refractivity contribution in [3.05, 3.63) is 12.4 Å². The van der Waals surface area contributed by atoms with Crippen molar-refractivity contribution < 1.29 is 19.2 Å². The molecule has 0 spiro atoms. The zero-order chi connectivity index (χ0) is 19.5.